The summed E-state index contributed by atoms with van der Waals surface area (Å²) in [6.45, 7) is 5.55. The molecule has 5 heteroatoms. The largest absolute Gasteiger partial charge is 0.355 e. The van der Waals surface area contributed by atoms with Crippen molar-refractivity contribution in [2.45, 2.75) is 45.1 Å². The minimum Gasteiger partial charge on any atom is -0.355 e. The smallest absolute Gasteiger partial charge is 0.230 e. The van der Waals surface area contributed by atoms with Crippen molar-refractivity contribution >= 4 is 17.5 Å². The van der Waals surface area contributed by atoms with E-state index in [4.69, 9.17) is 11.6 Å². The lowest BCUT2D eigenvalue weighted by Gasteiger charge is -2.16. The molecule has 1 amide bonds. The Labute approximate surface area is 141 Å². The van der Waals surface area contributed by atoms with Crippen LogP contribution in [0.3, 0.4) is 0 Å². The summed E-state index contributed by atoms with van der Waals surface area (Å²) in [5.74, 6) is 0.133. The quantitative estimate of drug-likeness (QED) is 0.825. The first-order valence-electron chi connectivity index (χ1n) is 8.07. The van der Waals surface area contributed by atoms with Gasteiger partial charge in [0.2, 0.25) is 5.91 Å². The molecule has 1 aliphatic carbocycles. The second-order valence-corrected chi connectivity index (χ2v) is 6.79. The molecule has 1 aromatic carbocycles. The Morgan fingerprint density at radius 1 is 1.30 bits per heavy atom. The third kappa shape index (κ3) is 3.42. The van der Waals surface area contributed by atoms with Crippen molar-refractivity contribution in [1.82, 2.24) is 15.1 Å². The molecule has 122 valence electrons. The summed E-state index contributed by atoms with van der Waals surface area (Å²) in [6, 6.07) is 9.70. The van der Waals surface area contributed by atoms with Crippen LogP contribution in [0.1, 0.15) is 36.2 Å². The van der Waals surface area contributed by atoms with E-state index in [-0.39, 0.29) is 11.3 Å². The van der Waals surface area contributed by atoms with Gasteiger partial charge in [-0.05, 0) is 56.9 Å². The Bertz CT molecular complexity index is 702. The fourth-order valence-corrected chi connectivity index (χ4v) is 3.17. The SMILES string of the molecule is Cc1cc(C)n(CCCNC(=O)C2(c3ccc(Cl)cc3)CC2)n1. The van der Waals surface area contributed by atoms with Crippen LogP contribution in [0.15, 0.2) is 30.3 Å². The van der Waals surface area contributed by atoms with Crippen molar-refractivity contribution in [2.75, 3.05) is 6.54 Å². The highest BCUT2D eigenvalue weighted by Crippen LogP contribution is 2.48. The summed E-state index contributed by atoms with van der Waals surface area (Å²) in [4.78, 5) is 12.5. The first-order chi connectivity index (χ1) is 11.0. The second kappa shape index (κ2) is 6.36. The number of nitrogens with one attached hydrogen (secondary N) is 1. The zero-order chi connectivity index (χ0) is 16.4. The summed E-state index contributed by atoms with van der Waals surface area (Å²) in [6.07, 6.45) is 2.71. The fraction of sp³-hybridized carbons (Fsp3) is 0.444. The molecule has 1 fully saturated rings. The van der Waals surface area contributed by atoms with Gasteiger partial charge in [-0.3, -0.25) is 9.48 Å². The molecule has 0 saturated heterocycles. The number of aryl methyl sites for hydroxylation is 3. The fourth-order valence-electron chi connectivity index (χ4n) is 3.04. The number of carbonyl (C=O) groups is 1. The minimum atomic E-state index is -0.331. The van der Waals surface area contributed by atoms with Gasteiger partial charge in [0.15, 0.2) is 0 Å². The molecule has 3 rings (SSSR count). The maximum absolute atomic E-state index is 12.5. The summed E-state index contributed by atoms with van der Waals surface area (Å²) in [7, 11) is 0. The van der Waals surface area contributed by atoms with Crippen LogP contribution in [0.25, 0.3) is 0 Å². The molecule has 0 radical (unpaired) electrons. The van der Waals surface area contributed by atoms with E-state index in [9.17, 15) is 4.79 Å². The first kappa shape index (κ1) is 16.1. The lowest BCUT2D eigenvalue weighted by molar-refractivity contribution is -0.123. The number of nitrogens with zero attached hydrogens (tertiary/aromatic N) is 2. The van der Waals surface area contributed by atoms with Crippen LogP contribution in [0, 0.1) is 13.8 Å². The number of hydrogen-bond acceptors (Lipinski definition) is 2. The number of amides is 1. The third-order valence-electron chi connectivity index (χ3n) is 4.52. The summed E-state index contributed by atoms with van der Waals surface area (Å²) in [5.41, 5.74) is 2.93. The van der Waals surface area contributed by atoms with Gasteiger partial charge >= 0.3 is 0 Å². The van der Waals surface area contributed by atoms with Crippen molar-refractivity contribution in [3.05, 3.63) is 52.3 Å². The molecular formula is C18H22ClN3O. The third-order valence-corrected chi connectivity index (χ3v) is 4.77. The van der Waals surface area contributed by atoms with Crippen LogP contribution >= 0.6 is 11.6 Å². The van der Waals surface area contributed by atoms with E-state index in [2.05, 4.69) is 23.4 Å². The van der Waals surface area contributed by atoms with Gasteiger partial charge in [-0.25, -0.2) is 0 Å². The first-order valence-corrected chi connectivity index (χ1v) is 8.44. The number of rotatable bonds is 6. The van der Waals surface area contributed by atoms with Crippen LogP contribution < -0.4 is 5.32 Å². The van der Waals surface area contributed by atoms with Crippen molar-refractivity contribution in [3.8, 4) is 0 Å². The highest BCUT2D eigenvalue weighted by molar-refractivity contribution is 6.30. The molecule has 1 aliphatic rings. The molecule has 4 nitrogen and oxygen atoms in total. The van der Waals surface area contributed by atoms with Gasteiger partial charge < -0.3 is 5.32 Å². The van der Waals surface area contributed by atoms with Crippen molar-refractivity contribution in [2.24, 2.45) is 0 Å². The number of benzene rings is 1. The molecule has 0 bridgehead atoms. The maximum Gasteiger partial charge on any atom is 0.230 e. The van der Waals surface area contributed by atoms with E-state index >= 15 is 0 Å². The van der Waals surface area contributed by atoms with E-state index in [1.807, 2.05) is 35.9 Å². The topological polar surface area (TPSA) is 46.9 Å². The summed E-state index contributed by atoms with van der Waals surface area (Å²) in [5, 5.41) is 8.22. The predicted octanol–water partition coefficient (Wildman–Crippen LogP) is 3.39. The molecule has 1 saturated carbocycles. The zero-order valence-electron chi connectivity index (χ0n) is 13.6. The molecule has 2 aromatic rings. The molecule has 0 aliphatic heterocycles. The van der Waals surface area contributed by atoms with Crippen LogP contribution in [-0.2, 0) is 16.8 Å². The van der Waals surface area contributed by atoms with Crippen LogP contribution in [0.5, 0.6) is 0 Å². The van der Waals surface area contributed by atoms with E-state index in [1.165, 1.54) is 0 Å². The molecule has 0 atom stereocenters. The van der Waals surface area contributed by atoms with Gasteiger partial charge in [0, 0.05) is 23.8 Å². The van der Waals surface area contributed by atoms with Gasteiger partial charge in [0.25, 0.3) is 0 Å². The number of halogens is 1. The Morgan fingerprint density at radius 3 is 2.57 bits per heavy atom. The highest BCUT2D eigenvalue weighted by Gasteiger charge is 2.50. The molecule has 23 heavy (non-hydrogen) atoms. The lowest BCUT2D eigenvalue weighted by Crippen LogP contribution is -2.35. The predicted molar refractivity (Wildman–Crippen MR) is 91.7 cm³/mol. The number of hydrogen-bond donors (Lipinski definition) is 1. The average Bonchev–Trinajstić information content (AvgIpc) is 3.26. The summed E-state index contributed by atoms with van der Waals surface area (Å²) < 4.78 is 1.99. The lowest BCUT2D eigenvalue weighted by atomic mass is 9.95. The van der Waals surface area contributed by atoms with Crippen LogP contribution in [-0.4, -0.2) is 22.2 Å². The second-order valence-electron chi connectivity index (χ2n) is 6.35. The number of aromatic nitrogens is 2. The Balaban J connectivity index is 1.51. The van der Waals surface area contributed by atoms with Gasteiger partial charge in [-0.1, -0.05) is 23.7 Å². The van der Waals surface area contributed by atoms with E-state index < -0.39 is 0 Å². The van der Waals surface area contributed by atoms with Crippen molar-refractivity contribution < 1.29 is 4.79 Å². The molecule has 1 heterocycles. The number of carbonyl (C=O) groups excluding carboxylic acids is 1. The monoisotopic (exact) mass is 331 g/mol. The molecule has 0 unspecified atom stereocenters. The van der Waals surface area contributed by atoms with Gasteiger partial charge in [0.05, 0.1) is 11.1 Å². The molecule has 1 aromatic heterocycles. The Hall–Kier alpha value is -1.81. The summed E-state index contributed by atoms with van der Waals surface area (Å²) >= 11 is 5.93. The van der Waals surface area contributed by atoms with Crippen molar-refractivity contribution in [1.29, 1.82) is 0 Å². The van der Waals surface area contributed by atoms with Gasteiger partial charge in [0.1, 0.15) is 0 Å². The minimum absolute atomic E-state index is 0.133. The molecular weight excluding hydrogens is 310 g/mol. The zero-order valence-corrected chi connectivity index (χ0v) is 14.4. The molecule has 0 spiro atoms. The van der Waals surface area contributed by atoms with Crippen LogP contribution in [0.2, 0.25) is 5.02 Å². The highest BCUT2D eigenvalue weighted by atomic mass is 35.5. The Kier molecular flexibility index (Phi) is 4.44. The van der Waals surface area contributed by atoms with Gasteiger partial charge in [-0.15, -0.1) is 0 Å². The van der Waals surface area contributed by atoms with Crippen LogP contribution in [0.4, 0.5) is 0 Å². The average molecular weight is 332 g/mol. The standard InChI is InChI=1S/C18H22ClN3O/c1-13-12-14(2)22(21-13)11-3-10-20-17(23)18(8-9-18)15-4-6-16(19)7-5-15/h4-7,12H,3,8-11H2,1-2H3,(H,20,23). The normalized spacial score (nSPS) is 15.4. The van der Waals surface area contributed by atoms with E-state index in [0.29, 0.717) is 11.6 Å². The Morgan fingerprint density at radius 2 is 2.00 bits per heavy atom. The maximum atomic E-state index is 12.5. The van der Waals surface area contributed by atoms with Gasteiger partial charge in [-0.2, -0.15) is 5.10 Å². The van der Waals surface area contributed by atoms with E-state index in [1.54, 1.807) is 0 Å². The van der Waals surface area contributed by atoms with E-state index in [0.717, 1.165) is 42.8 Å². The van der Waals surface area contributed by atoms with Crippen molar-refractivity contribution in [3.63, 3.8) is 0 Å². The molecule has 1 N–H and O–H groups in total.